The Hall–Kier alpha value is -2.80. The summed E-state index contributed by atoms with van der Waals surface area (Å²) >= 11 is 1.03. The third-order valence-corrected chi connectivity index (χ3v) is 7.19. The van der Waals surface area contributed by atoms with Crippen LogP contribution in [-0.2, 0) is 17.8 Å². The van der Waals surface area contributed by atoms with Crippen molar-refractivity contribution in [3.63, 3.8) is 0 Å². The summed E-state index contributed by atoms with van der Waals surface area (Å²) < 4.78 is 5.51. The van der Waals surface area contributed by atoms with Gasteiger partial charge in [0.1, 0.15) is 5.75 Å². The number of carbonyl (C=O) groups is 3. The summed E-state index contributed by atoms with van der Waals surface area (Å²) in [5, 5.41) is -0.218. The van der Waals surface area contributed by atoms with Gasteiger partial charge in [-0.25, -0.2) is 0 Å². The van der Waals surface area contributed by atoms with Gasteiger partial charge in [-0.2, -0.15) is 0 Å². The Kier molecular flexibility index (Phi) is 7.70. The molecule has 0 aromatic heterocycles. The van der Waals surface area contributed by atoms with Crippen LogP contribution in [0.5, 0.6) is 5.75 Å². The quantitative estimate of drug-likeness (QED) is 0.561. The molecule has 2 aliphatic heterocycles. The Balaban J connectivity index is 1.27. The topological polar surface area (TPSA) is 66.9 Å². The number of thioether (sulfide) groups is 1. The second kappa shape index (κ2) is 10.9. The summed E-state index contributed by atoms with van der Waals surface area (Å²) in [5.41, 5.74) is 2.74. The monoisotopic (exact) mass is 466 g/mol. The number of hydrogen-bond acceptors (Lipinski definition) is 5. The van der Waals surface area contributed by atoms with Gasteiger partial charge < -0.3 is 9.64 Å². The lowest BCUT2D eigenvalue weighted by atomic mass is 9.90. The van der Waals surface area contributed by atoms with Crippen LogP contribution in [0.2, 0.25) is 0 Å². The van der Waals surface area contributed by atoms with Crippen LogP contribution in [0.3, 0.4) is 0 Å². The first-order valence-electron chi connectivity index (χ1n) is 11.6. The highest BCUT2D eigenvalue weighted by Gasteiger charge is 2.30. The normalized spacial score (nSPS) is 17.0. The van der Waals surface area contributed by atoms with E-state index < -0.39 is 0 Å². The zero-order chi connectivity index (χ0) is 23.2. The minimum absolute atomic E-state index is 0.0234. The zero-order valence-electron chi connectivity index (χ0n) is 19.0. The van der Waals surface area contributed by atoms with Gasteiger partial charge in [0.2, 0.25) is 5.91 Å². The molecule has 2 saturated heterocycles. The van der Waals surface area contributed by atoms with E-state index in [1.54, 1.807) is 0 Å². The van der Waals surface area contributed by atoms with E-state index in [1.807, 2.05) is 48.2 Å². The first kappa shape index (κ1) is 23.4. The summed E-state index contributed by atoms with van der Waals surface area (Å²) in [4.78, 5) is 40.0. The Bertz CT molecular complexity index is 984. The van der Waals surface area contributed by atoms with Gasteiger partial charge >= 0.3 is 0 Å². The van der Waals surface area contributed by atoms with E-state index in [0.29, 0.717) is 18.1 Å². The maximum atomic E-state index is 13.1. The molecule has 174 valence electrons. The average molecular weight is 467 g/mol. The third-order valence-electron chi connectivity index (χ3n) is 6.33. The summed E-state index contributed by atoms with van der Waals surface area (Å²) in [6.07, 6.45) is 4.19. The zero-order valence-corrected chi connectivity index (χ0v) is 19.8. The first-order chi connectivity index (χ1) is 16.0. The highest BCUT2D eigenvalue weighted by Crippen LogP contribution is 2.25. The van der Waals surface area contributed by atoms with Crippen molar-refractivity contribution < 1.29 is 19.1 Å². The van der Waals surface area contributed by atoms with Gasteiger partial charge in [-0.1, -0.05) is 36.0 Å². The molecule has 2 aromatic rings. The molecule has 0 aliphatic carbocycles. The number of rotatable bonds is 8. The minimum Gasteiger partial charge on any atom is -0.494 e. The number of hydrogen-bond donors (Lipinski definition) is 0. The summed E-state index contributed by atoms with van der Waals surface area (Å²) in [6.45, 7) is 4.41. The largest absolute Gasteiger partial charge is 0.494 e. The molecule has 33 heavy (non-hydrogen) atoms. The number of likely N-dealkylation sites (tertiary alicyclic amines) is 1. The number of carbonyl (C=O) groups excluding carboxylic acids is 3. The number of amides is 3. The highest BCUT2D eigenvalue weighted by molar-refractivity contribution is 8.14. The lowest BCUT2D eigenvalue weighted by Gasteiger charge is -2.32. The lowest BCUT2D eigenvalue weighted by Crippen LogP contribution is -2.38. The fourth-order valence-electron chi connectivity index (χ4n) is 4.42. The molecule has 0 bridgehead atoms. The van der Waals surface area contributed by atoms with Gasteiger partial charge in [-0.05, 0) is 73.9 Å². The Morgan fingerprint density at radius 3 is 2.48 bits per heavy atom. The predicted molar refractivity (Wildman–Crippen MR) is 129 cm³/mol. The summed E-state index contributed by atoms with van der Waals surface area (Å²) in [5.74, 6) is 1.58. The second-order valence-corrected chi connectivity index (χ2v) is 9.51. The van der Waals surface area contributed by atoms with E-state index in [2.05, 4.69) is 12.1 Å². The van der Waals surface area contributed by atoms with Gasteiger partial charge in [-0.15, -0.1) is 0 Å². The number of nitrogens with zero attached hydrogens (tertiary/aromatic N) is 2. The molecule has 0 unspecified atom stereocenters. The molecule has 2 aromatic carbocycles. The second-order valence-electron chi connectivity index (χ2n) is 8.59. The fraction of sp³-hybridized carbons (Fsp3) is 0.423. The van der Waals surface area contributed by atoms with E-state index in [1.165, 1.54) is 10.5 Å². The van der Waals surface area contributed by atoms with Crippen molar-refractivity contribution in [2.24, 2.45) is 5.92 Å². The molecule has 7 heteroatoms. The first-order valence-corrected chi connectivity index (χ1v) is 12.6. The van der Waals surface area contributed by atoms with Crippen molar-refractivity contribution in [2.45, 2.75) is 39.2 Å². The van der Waals surface area contributed by atoms with Crippen molar-refractivity contribution in [2.75, 3.05) is 25.4 Å². The number of piperidine rings is 1. The van der Waals surface area contributed by atoms with Crippen LogP contribution in [0.15, 0.2) is 48.5 Å². The minimum atomic E-state index is -0.218. The number of benzene rings is 2. The number of imide groups is 1. The molecule has 2 fully saturated rings. The molecular formula is C26H30N2O4S. The molecule has 0 radical (unpaired) electrons. The summed E-state index contributed by atoms with van der Waals surface area (Å²) in [7, 11) is 0. The number of ether oxygens (including phenoxy) is 1. The molecule has 0 atom stereocenters. The van der Waals surface area contributed by atoms with Crippen LogP contribution in [0, 0.1) is 5.92 Å². The predicted octanol–water partition coefficient (Wildman–Crippen LogP) is 4.77. The summed E-state index contributed by atoms with van der Waals surface area (Å²) in [6, 6.07) is 15.6. The van der Waals surface area contributed by atoms with Crippen LogP contribution in [0.1, 0.15) is 47.7 Å². The molecule has 0 spiro atoms. The number of aryl methyl sites for hydroxylation is 1. The Labute approximate surface area is 199 Å². The SMILES string of the molecule is CCOc1ccc(CCC2CCN(C(=O)c3cccc(CN4C(=O)CSC4=O)c3)CC2)cc1. The lowest BCUT2D eigenvalue weighted by molar-refractivity contribution is -0.125. The molecule has 2 aliphatic rings. The molecule has 3 amide bonds. The fourth-order valence-corrected chi connectivity index (χ4v) is 5.14. The van der Waals surface area contributed by atoms with E-state index in [-0.39, 0.29) is 29.4 Å². The van der Waals surface area contributed by atoms with Crippen LogP contribution in [0.25, 0.3) is 0 Å². The van der Waals surface area contributed by atoms with Crippen LogP contribution < -0.4 is 4.74 Å². The van der Waals surface area contributed by atoms with Crippen molar-refractivity contribution in [1.82, 2.24) is 9.80 Å². The smallest absolute Gasteiger partial charge is 0.289 e. The van der Waals surface area contributed by atoms with Crippen molar-refractivity contribution in [3.05, 3.63) is 65.2 Å². The Morgan fingerprint density at radius 1 is 1.06 bits per heavy atom. The van der Waals surface area contributed by atoms with Crippen molar-refractivity contribution >= 4 is 28.8 Å². The van der Waals surface area contributed by atoms with E-state index in [9.17, 15) is 14.4 Å². The standard InChI is InChI=1S/C26H30N2O4S/c1-2-32-23-10-8-19(9-11-23)6-7-20-12-14-27(15-13-20)25(30)22-5-3-4-21(16-22)17-28-24(29)18-33-26(28)31/h3-5,8-11,16,20H,2,6-7,12-15,17-18H2,1H3. The highest BCUT2D eigenvalue weighted by atomic mass is 32.2. The van der Waals surface area contributed by atoms with E-state index >= 15 is 0 Å². The molecule has 0 N–H and O–H groups in total. The molecule has 0 saturated carbocycles. The van der Waals surface area contributed by atoms with E-state index in [0.717, 1.165) is 61.8 Å². The van der Waals surface area contributed by atoms with Gasteiger partial charge in [0.05, 0.1) is 18.9 Å². The molecule has 6 nitrogen and oxygen atoms in total. The maximum absolute atomic E-state index is 13.1. The van der Waals surface area contributed by atoms with Crippen LogP contribution >= 0.6 is 11.8 Å². The van der Waals surface area contributed by atoms with Crippen molar-refractivity contribution in [3.8, 4) is 5.75 Å². The molecular weight excluding hydrogens is 436 g/mol. The Morgan fingerprint density at radius 2 is 1.82 bits per heavy atom. The molecule has 4 rings (SSSR count). The van der Waals surface area contributed by atoms with Gasteiger partial charge in [0.25, 0.3) is 11.1 Å². The van der Waals surface area contributed by atoms with Crippen LogP contribution in [-0.4, -0.2) is 52.3 Å². The van der Waals surface area contributed by atoms with Crippen LogP contribution in [0.4, 0.5) is 4.79 Å². The maximum Gasteiger partial charge on any atom is 0.289 e. The van der Waals surface area contributed by atoms with Gasteiger partial charge in [0.15, 0.2) is 0 Å². The van der Waals surface area contributed by atoms with E-state index in [4.69, 9.17) is 4.74 Å². The average Bonchev–Trinajstić information content (AvgIpc) is 3.16. The van der Waals surface area contributed by atoms with Crippen molar-refractivity contribution in [1.29, 1.82) is 0 Å². The molecule has 2 heterocycles. The van der Waals surface area contributed by atoms with Gasteiger partial charge in [-0.3, -0.25) is 19.3 Å². The van der Waals surface area contributed by atoms with Gasteiger partial charge in [0, 0.05) is 18.7 Å². The third kappa shape index (κ3) is 5.96.